The molecule has 2 N–H and O–H groups in total. The number of hydrogen-bond donors (Lipinski definition) is 2. The summed E-state index contributed by atoms with van der Waals surface area (Å²) in [7, 11) is 0. The van der Waals surface area contributed by atoms with Crippen LogP contribution in [0.1, 0.15) is 22.3 Å². The Morgan fingerprint density at radius 3 is 2.23 bits per heavy atom. The molecule has 4 atom stereocenters. The molecular formula is C29H27N3O3. The van der Waals surface area contributed by atoms with E-state index in [1.807, 2.05) is 85.8 Å². The van der Waals surface area contributed by atoms with Crippen molar-refractivity contribution in [3.63, 3.8) is 0 Å². The molecule has 3 aliphatic heterocycles. The molecule has 0 saturated carbocycles. The Labute approximate surface area is 204 Å². The van der Waals surface area contributed by atoms with E-state index in [-0.39, 0.29) is 23.8 Å². The topological polar surface area (TPSA) is 78.5 Å². The predicted molar refractivity (Wildman–Crippen MR) is 132 cm³/mol. The van der Waals surface area contributed by atoms with Crippen LogP contribution in [-0.2, 0) is 32.8 Å². The van der Waals surface area contributed by atoms with Gasteiger partial charge in [0.05, 0.1) is 11.8 Å². The number of fused-ring (bicyclic) bond motifs is 4. The summed E-state index contributed by atoms with van der Waals surface area (Å²) in [6.07, 6.45) is 1.15. The molecule has 1 spiro atoms. The molecule has 3 aromatic carbocycles. The van der Waals surface area contributed by atoms with Crippen molar-refractivity contribution >= 4 is 23.4 Å². The van der Waals surface area contributed by atoms with Crippen molar-refractivity contribution in [2.75, 3.05) is 11.9 Å². The summed E-state index contributed by atoms with van der Waals surface area (Å²) in [5.74, 6) is -2.07. The molecule has 6 rings (SSSR count). The molecule has 0 radical (unpaired) electrons. The first kappa shape index (κ1) is 21.7. The third kappa shape index (κ3) is 3.24. The van der Waals surface area contributed by atoms with Gasteiger partial charge in [-0.25, -0.2) is 0 Å². The molecule has 3 amide bonds. The Kier molecular flexibility index (Phi) is 5.07. The van der Waals surface area contributed by atoms with Crippen molar-refractivity contribution in [3.05, 3.63) is 101 Å². The van der Waals surface area contributed by atoms with E-state index in [1.165, 1.54) is 4.90 Å². The van der Waals surface area contributed by atoms with Crippen LogP contribution in [0.2, 0.25) is 0 Å². The van der Waals surface area contributed by atoms with Crippen LogP contribution in [-0.4, -0.2) is 35.2 Å². The van der Waals surface area contributed by atoms with E-state index in [4.69, 9.17) is 0 Å². The van der Waals surface area contributed by atoms with Crippen molar-refractivity contribution < 1.29 is 14.4 Å². The van der Waals surface area contributed by atoms with Crippen LogP contribution in [0.15, 0.2) is 78.9 Å². The Hall–Kier alpha value is -3.77. The summed E-state index contributed by atoms with van der Waals surface area (Å²) in [6, 6.07) is 25.2. The van der Waals surface area contributed by atoms with Gasteiger partial charge in [-0.05, 0) is 36.5 Å². The highest BCUT2D eigenvalue weighted by Gasteiger charge is 2.70. The third-order valence-electron chi connectivity index (χ3n) is 7.82. The molecule has 6 nitrogen and oxygen atoms in total. The lowest BCUT2D eigenvalue weighted by molar-refractivity contribution is -0.142. The maximum atomic E-state index is 13.9. The minimum atomic E-state index is -1.25. The van der Waals surface area contributed by atoms with Gasteiger partial charge in [0.25, 0.3) is 0 Å². The zero-order valence-corrected chi connectivity index (χ0v) is 19.5. The van der Waals surface area contributed by atoms with E-state index in [0.29, 0.717) is 19.4 Å². The van der Waals surface area contributed by atoms with Crippen LogP contribution in [0, 0.1) is 18.8 Å². The fraction of sp³-hybridized carbons (Fsp3) is 0.276. The molecule has 0 aromatic heterocycles. The first-order valence-corrected chi connectivity index (χ1v) is 12.1. The number of anilines is 1. The lowest BCUT2D eigenvalue weighted by atomic mass is 9.76. The fourth-order valence-corrected chi connectivity index (χ4v) is 6.18. The minimum absolute atomic E-state index is 0.185. The zero-order valence-electron chi connectivity index (χ0n) is 19.5. The summed E-state index contributed by atoms with van der Waals surface area (Å²) in [6.45, 7) is 2.25. The highest BCUT2D eigenvalue weighted by Crippen LogP contribution is 2.53. The highest BCUT2D eigenvalue weighted by atomic mass is 16.2. The number of amides is 3. The van der Waals surface area contributed by atoms with Gasteiger partial charge in [-0.15, -0.1) is 0 Å². The lowest BCUT2D eigenvalue weighted by Crippen LogP contribution is -2.53. The largest absolute Gasteiger partial charge is 0.324 e. The number of aryl methyl sites for hydroxylation is 1. The van der Waals surface area contributed by atoms with Crippen LogP contribution in [0.25, 0.3) is 0 Å². The monoisotopic (exact) mass is 465 g/mol. The number of carbonyl (C=O) groups is 3. The Morgan fingerprint density at radius 1 is 0.829 bits per heavy atom. The van der Waals surface area contributed by atoms with Gasteiger partial charge in [0.15, 0.2) is 0 Å². The molecule has 35 heavy (non-hydrogen) atoms. The number of likely N-dealkylation sites (tertiary alicyclic amines) is 1. The molecule has 3 aromatic rings. The predicted octanol–water partition coefficient (Wildman–Crippen LogP) is 3.20. The smallest absolute Gasteiger partial charge is 0.250 e. The lowest BCUT2D eigenvalue weighted by Gasteiger charge is -2.29. The summed E-state index contributed by atoms with van der Waals surface area (Å²) in [5.41, 5.74) is 3.33. The van der Waals surface area contributed by atoms with E-state index >= 15 is 0 Å². The molecule has 3 heterocycles. The molecule has 3 aliphatic rings. The second kappa shape index (κ2) is 8.17. The molecule has 2 saturated heterocycles. The van der Waals surface area contributed by atoms with Crippen LogP contribution >= 0.6 is 0 Å². The van der Waals surface area contributed by atoms with Gasteiger partial charge in [-0.1, -0.05) is 78.9 Å². The normalized spacial score (nSPS) is 26.8. The Morgan fingerprint density at radius 2 is 1.51 bits per heavy atom. The second-order valence-corrected chi connectivity index (χ2v) is 9.77. The fourth-order valence-electron chi connectivity index (χ4n) is 6.18. The quantitative estimate of drug-likeness (QED) is 0.568. The van der Waals surface area contributed by atoms with Crippen molar-refractivity contribution in [3.8, 4) is 0 Å². The molecule has 176 valence electrons. The van der Waals surface area contributed by atoms with Crippen LogP contribution in [0.5, 0.6) is 0 Å². The second-order valence-electron chi connectivity index (χ2n) is 9.77. The molecular weight excluding hydrogens is 438 g/mol. The van der Waals surface area contributed by atoms with Gasteiger partial charge in [-0.2, -0.15) is 0 Å². The summed E-state index contributed by atoms with van der Waals surface area (Å²) < 4.78 is 0. The van der Waals surface area contributed by atoms with E-state index in [1.54, 1.807) is 0 Å². The van der Waals surface area contributed by atoms with Gasteiger partial charge in [0.2, 0.25) is 17.7 Å². The third-order valence-corrected chi connectivity index (χ3v) is 7.82. The first-order chi connectivity index (χ1) is 17.0. The summed E-state index contributed by atoms with van der Waals surface area (Å²) in [4.78, 5) is 42.7. The van der Waals surface area contributed by atoms with Crippen molar-refractivity contribution in [2.24, 2.45) is 11.8 Å². The maximum Gasteiger partial charge on any atom is 0.250 e. The molecule has 0 bridgehead atoms. The Bertz CT molecular complexity index is 1320. The van der Waals surface area contributed by atoms with E-state index in [2.05, 4.69) is 10.6 Å². The molecule has 6 heteroatoms. The van der Waals surface area contributed by atoms with Crippen LogP contribution in [0.3, 0.4) is 0 Å². The number of para-hydroxylation sites is 1. The van der Waals surface area contributed by atoms with Gasteiger partial charge >= 0.3 is 0 Å². The minimum Gasteiger partial charge on any atom is -0.324 e. The summed E-state index contributed by atoms with van der Waals surface area (Å²) in [5, 5.41) is 6.54. The number of nitrogens with zero attached hydrogens (tertiary/aromatic N) is 1. The number of nitrogens with one attached hydrogen (secondary N) is 2. The number of rotatable bonds is 5. The van der Waals surface area contributed by atoms with Crippen molar-refractivity contribution in [1.82, 2.24) is 10.2 Å². The van der Waals surface area contributed by atoms with Gasteiger partial charge in [-0.3, -0.25) is 24.6 Å². The van der Waals surface area contributed by atoms with Gasteiger partial charge in [0.1, 0.15) is 5.54 Å². The molecule has 2 fully saturated rings. The Balaban J connectivity index is 1.41. The average molecular weight is 466 g/mol. The molecule has 0 aliphatic carbocycles. The highest BCUT2D eigenvalue weighted by molar-refractivity contribution is 6.15. The average Bonchev–Trinajstić information content (AvgIpc) is 3.45. The van der Waals surface area contributed by atoms with Gasteiger partial charge < -0.3 is 5.32 Å². The number of hydrogen-bond acceptors (Lipinski definition) is 4. The SMILES string of the molecule is Cc1cccc2c1NC(=O)C21NC(Cc2ccccc2)C2C(=O)N(CCc3ccccc3)C(=O)C21. The number of carbonyl (C=O) groups excluding carboxylic acids is 3. The maximum absolute atomic E-state index is 13.9. The van der Waals surface area contributed by atoms with E-state index < -0.39 is 17.4 Å². The zero-order chi connectivity index (χ0) is 24.2. The number of benzene rings is 3. The number of imide groups is 1. The van der Waals surface area contributed by atoms with Gasteiger partial charge in [0, 0.05) is 23.8 Å². The van der Waals surface area contributed by atoms with Crippen molar-refractivity contribution in [1.29, 1.82) is 0 Å². The molecule has 4 unspecified atom stereocenters. The van der Waals surface area contributed by atoms with E-state index in [9.17, 15) is 14.4 Å². The summed E-state index contributed by atoms with van der Waals surface area (Å²) >= 11 is 0. The van der Waals surface area contributed by atoms with Crippen LogP contribution in [0.4, 0.5) is 5.69 Å². The van der Waals surface area contributed by atoms with E-state index in [0.717, 1.165) is 27.9 Å². The van der Waals surface area contributed by atoms with Crippen molar-refractivity contribution in [2.45, 2.75) is 31.3 Å². The standard InChI is InChI=1S/C29H27N3O3/c1-18-9-8-14-21-25(18)30-28(35)29(21)24-23(22(31-29)17-20-12-6-3-7-13-20)26(33)32(27(24)34)16-15-19-10-4-2-5-11-19/h2-14,22-24,31H,15-17H2,1H3,(H,30,35). The first-order valence-electron chi connectivity index (χ1n) is 12.1. The van der Waals surface area contributed by atoms with Crippen LogP contribution < -0.4 is 10.6 Å².